The quantitative estimate of drug-likeness (QED) is 0.806. The first kappa shape index (κ1) is 18.4. The molecular formula is C22H22ClNO5. The fourth-order valence-electron chi connectivity index (χ4n) is 3.83. The average Bonchev–Trinajstić information content (AvgIpc) is 3.57. The number of carbonyl (C=O) groups excluding carboxylic acids is 1. The highest BCUT2D eigenvalue weighted by Crippen LogP contribution is 2.43. The topological polar surface area (TPSA) is 66.0 Å². The monoisotopic (exact) mass is 415 g/mol. The summed E-state index contributed by atoms with van der Waals surface area (Å²) in [5.41, 5.74) is 1.85. The van der Waals surface area contributed by atoms with E-state index in [1.807, 2.05) is 24.3 Å². The van der Waals surface area contributed by atoms with Crippen molar-refractivity contribution < 1.29 is 23.7 Å². The van der Waals surface area contributed by atoms with E-state index in [0.29, 0.717) is 48.9 Å². The molecule has 1 unspecified atom stereocenters. The van der Waals surface area contributed by atoms with Gasteiger partial charge in [-0.25, -0.2) is 0 Å². The second-order valence-corrected chi connectivity index (χ2v) is 7.97. The lowest BCUT2D eigenvalue weighted by Crippen LogP contribution is -2.31. The molecule has 1 N–H and O–H groups in total. The SMILES string of the molecule is O=C(Cc1cc(Cl)c2c(c1)OCCO2)NC(c1ccc2c(c1)OCCO2)C1CC1. The Hall–Kier alpha value is -2.60. The fraction of sp³-hybridized carbons (Fsp3) is 0.409. The minimum Gasteiger partial charge on any atom is -0.486 e. The van der Waals surface area contributed by atoms with Gasteiger partial charge in [0.05, 0.1) is 17.5 Å². The third-order valence-corrected chi connectivity index (χ3v) is 5.64. The van der Waals surface area contributed by atoms with Gasteiger partial charge >= 0.3 is 0 Å². The van der Waals surface area contributed by atoms with Crippen LogP contribution in [0.2, 0.25) is 5.02 Å². The number of fused-ring (bicyclic) bond motifs is 2. The summed E-state index contributed by atoms with van der Waals surface area (Å²) in [5.74, 6) is 3.04. The molecule has 3 aliphatic rings. The number of hydrogen-bond acceptors (Lipinski definition) is 5. The van der Waals surface area contributed by atoms with Gasteiger partial charge in [0, 0.05) is 0 Å². The van der Waals surface area contributed by atoms with Gasteiger partial charge in [0.1, 0.15) is 26.4 Å². The molecule has 0 aromatic heterocycles. The molecule has 1 atom stereocenters. The van der Waals surface area contributed by atoms with Crippen molar-refractivity contribution in [1.29, 1.82) is 0 Å². The Bertz CT molecular complexity index is 943. The first-order valence-electron chi connectivity index (χ1n) is 9.94. The lowest BCUT2D eigenvalue weighted by atomic mass is 10.0. The molecule has 0 saturated heterocycles. The van der Waals surface area contributed by atoms with Gasteiger partial charge in [0.25, 0.3) is 0 Å². The molecule has 152 valence electrons. The van der Waals surface area contributed by atoms with Crippen LogP contribution in [0.1, 0.15) is 30.0 Å². The normalized spacial score (nSPS) is 18.1. The van der Waals surface area contributed by atoms with E-state index in [0.717, 1.165) is 35.5 Å². The molecular weight excluding hydrogens is 394 g/mol. The lowest BCUT2D eigenvalue weighted by molar-refractivity contribution is -0.121. The molecule has 29 heavy (non-hydrogen) atoms. The second-order valence-electron chi connectivity index (χ2n) is 7.56. The number of nitrogens with one attached hydrogen (secondary N) is 1. The fourth-order valence-corrected chi connectivity index (χ4v) is 4.12. The Morgan fingerprint density at radius 3 is 2.48 bits per heavy atom. The molecule has 0 spiro atoms. The number of benzene rings is 2. The van der Waals surface area contributed by atoms with Crippen molar-refractivity contribution in [2.75, 3.05) is 26.4 Å². The zero-order valence-corrected chi connectivity index (χ0v) is 16.7. The van der Waals surface area contributed by atoms with Crippen LogP contribution < -0.4 is 24.3 Å². The molecule has 0 bridgehead atoms. The molecule has 0 radical (unpaired) electrons. The molecule has 5 rings (SSSR count). The third-order valence-electron chi connectivity index (χ3n) is 5.36. The molecule has 1 amide bonds. The Morgan fingerprint density at radius 1 is 0.966 bits per heavy atom. The predicted octanol–water partition coefficient (Wildman–Crippen LogP) is 3.69. The number of amides is 1. The number of rotatable bonds is 5. The summed E-state index contributed by atoms with van der Waals surface area (Å²) in [6, 6.07) is 9.48. The van der Waals surface area contributed by atoms with Gasteiger partial charge < -0.3 is 24.3 Å². The van der Waals surface area contributed by atoms with E-state index in [9.17, 15) is 4.79 Å². The molecule has 1 fully saturated rings. The number of hydrogen-bond donors (Lipinski definition) is 1. The van der Waals surface area contributed by atoms with Gasteiger partial charge in [-0.2, -0.15) is 0 Å². The van der Waals surface area contributed by atoms with E-state index in [1.54, 1.807) is 6.07 Å². The zero-order chi connectivity index (χ0) is 19.8. The van der Waals surface area contributed by atoms with E-state index < -0.39 is 0 Å². The molecule has 1 aliphatic carbocycles. The van der Waals surface area contributed by atoms with Crippen LogP contribution in [0.25, 0.3) is 0 Å². The minimum absolute atomic E-state index is 0.0361. The standard InChI is InChI=1S/C22H22ClNO5/c23-16-9-13(10-19-22(16)29-8-7-28-19)11-20(25)24-21(14-1-2-14)15-3-4-17-18(12-15)27-6-5-26-17/h3-4,9-10,12,14,21H,1-2,5-8,11H2,(H,24,25). The Balaban J connectivity index is 1.32. The highest BCUT2D eigenvalue weighted by atomic mass is 35.5. The van der Waals surface area contributed by atoms with Gasteiger partial charge in [-0.3, -0.25) is 4.79 Å². The van der Waals surface area contributed by atoms with Crippen LogP contribution in [0.15, 0.2) is 30.3 Å². The summed E-state index contributed by atoms with van der Waals surface area (Å²) in [7, 11) is 0. The van der Waals surface area contributed by atoms with Crippen LogP contribution in [0.5, 0.6) is 23.0 Å². The molecule has 2 aliphatic heterocycles. The molecule has 2 heterocycles. The Kier molecular flexibility index (Phi) is 4.87. The molecule has 2 aromatic carbocycles. The number of carbonyl (C=O) groups is 1. The summed E-state index contributed by atoms with van der Waals surface area (Å²) >= 11 is 6.30. The van der Waals surface area contributed by atoms with E-state index >= 15 is 0 Å². The van der Waals surface area contributed by atoms with E-state index in [2.05, 4.69) is 5.32 Å². The first-order valence-corrected chi connectivity index (χ1v) is 10.3. The lowest BCUT2D eigenvalue weighted by Gasteiger charge is -2.23. The molecule has 7 heteroatoms. The van der Waals surface area contributed by atoms with Crippen molar-refractivity contribution in [2.24, 2.45) is 5.92 Å². The van der Waals surface area contributed by atoms with E-state index in [4.69, 9.17) is 30.5 Å². The van der Waals surface area contributed by atoms with Crippen molar-refractivity contribution in [3.8, 4) is 23.0 Å². The Morgan fingerprint density at radius 2 is 1.69 bits per heavy atom. The largest absolute Gasteiger partial charge is 0.486 e. The summed E-state index contributed by atoms with van der Waals surface area (Å²) in [5, 5.41) is 3.67. The number of halogens is 1. The maximum Gasteiger partial charge on any atom is 0.224 e. The van der Waals surface area contributed by atoms with Crippen LogP contribution in [-0.4, -0.2) is 32.3 Å². The van der Waals surface area contributed by atoms with Gasteiger partial charge in [0.2, 0.25) is 5.91 Å². The van der Waals surface area contributed by atoms with E-state index in [-0.39, 0.29) is 18.4 Å². The minimum atomic E-state index is -0.0514. The van der Waals surface area contributed by atoms with Crippen molar-refractivity contribution in [1.82, 2.24) is 5.32 Å². The summed E-state index contributed by atoms with van der Waals surface area (Å²) in [4.78, 5) is 12.8. The summed E-state index contributed by atoms with van der Waals surface area (Å²) in [6.45, 7) is 2.06. The highest BCUT2D eigenvalue weighted by molar-refractivity contribution is 6.32. The van der Waals surface area contributed by atoms with Crippen LogP contribution >= 0.6 is 11.6 Å². The van der Waals surface area contributed by atoms with Gasteiger partial charge in [0.15, 0.2) is 23.0 Å². The van der Waals surface area contributed by atoms with Crippen molar-refractivity contribution in [3.63, 3.8) is 0 Å². The van der Waals surface area contributed by atoms with E-state index in [1.165, 1.54) is 0 Å². The summed E-state index contributed by atoms with van der Waals surface area (Å²) < 4.78 is 22.5. The molecule has 6 nitrogen and oxygen atoms in total. The van der Waals surface area contributed by atoms with Crippen LogP contribution in [0.4, 0.5) is 0 Å². The van der Waals surface area contributed by atoms with Crippen molar-refractivity contribution in [3.05, 3.63) is 46.5 Å². The van der Waals surface area contributed by atoms with Crippen molar-refractivity contribution >= 4 is 17.5 Å². The van der Waals surface area contributed by atoms with Crippen molar-refractivity contribution in [2.45, 2.75) is 25.3 Å². The van der Waals surface area contributed by atoms with Crippen LogP contribution in [0.3, 0.4) is 0 Å². The van der Waals surface area contributed by atoms with Gasteiger partial charge in [-0.15, -0.1) is 0 Å². The molecule has 2 aromatic rings. The van der Waals surface area contributed by atoms with Gasteiger partial charge in [-0.05, 0) is 54.2 Å². The average molecular weight is 416 g/mol. The predicted molar refractivity (Wildman–Crippen MR) is 107 cm³/mol. The highest BCUT2D eigenvalue weighted by Gasteiger charge is 2.34. The summed E-state index contributed by atoms with van der Waals surface area (Å²) in [6.07, 6.45) is 2.44. The maximum atomic E-state index is 12.8. The smallest absolute Gasteiger partial charge is 0.224 e. The van der Waals surface area contributed by atoms with Crippen LogP contribution in [-0.2, 0) is 11.2 Å². The Labute approximate surface area is 174 Å². The maximum absolute atomic E-state index is 12.8. The third kappa shape index (κ3) is 3.94. The zero-order valence-electron chi connectivity index (χ0n) is 15.9. The first-order chi connectivity index (χ1) is 14.2. The number of ether oxygens (including phenoxy) is 4. The van der Waals surface area contributed by atoms with Gasteiger partial charge in [-0.1, -0.05) is 17.7 Å². The van der Waals surface area contributed by atoms with Crippen LogP contribution in [0, 0.1) is 5.92 Å². The second kappa shape index (κ2) is 7.67. The molecule has 1 saturated carbocycles.